The predicted octanol–water partition coefficient (Wildman–Crippen LogP) is -0.268. The summed E-state index contributed by atoms with van der Waals surface area (Å²) in [5, 5.41) is 20.8. The molecule has 0 aromatic carbocycles. The van der Waals surface area contributed by atoms with Gasteiger partial charge in [-0.25, -0.2) is 18.5 Å². The highest BCUT2D eigenvalue weighted by molar-refractivity contribution is 7.89. The zero-order chi connectivity index (χ0) is 13.8. The highest BCUT2D eigenvalue weighted by atomic mass is 32.2. The lowest BCUT2D eigenvalue weighted by Crippen LogP contribution is -2.22. The van der Waals surface area contributed by atoms with Gasteiger partial charge in [-0.15, -0.1) is 0 Å². The van der Waals surface area contributed by atoms with E-state index in [1.54, 1.807) is 7.05 Å². The first-order valence-corrected chi connectivity index (χ1v) is 6.62. The minimum Gasteiger partial charge on any atom is -0.373 e. The number of pyridine rings is 1. The number of nitrogens with one attached hydrogen (secondary N) is 2. The van der Waals surface area contributed by atoms with Crippen LogP contribution in [0.1, 0.15) is 0 Å². The molecule has 0 saturated carbocycles. The fourth-order valence-corrected chi connectivity index (χ4v) is 1.55. The Morgan fingerprint density at radius 1 is 1.44 bits per heavy atom. The zero-order valence-corrected chi connectivity index (χ0v) is 10.4. The number of rotatable bonds is 6. The molecule has 1 aromatic heterocycles. The number of hydrogen-bond donors (Lipinski definition) is 3. The van der Waals surface area contributed by atoms with E-state index in [1.165, 1.54) is 12.1 Å². The third-order valence-corrected chi connectivity index (χ3v) is 2.74. The summed E-state index contributed by atoms with van der Waals surface area (Å²) in [6, 6.07) is 2.48. The second kappa shape index (κ2) is 5.60. The number of nitrogens with zero attached hydrogens (tertiary/aromatic N) is 2. The van der Waals surface area contributed by atoms with E-state index in [4.69, 9.17) is 5.14 Å². The maximum atomic E-state index is 10.7. The SMILES string of the molecule is CNc1cc([N+](=O)[O-])cc(NCCS(N)(=O)=O)n1. The van der Waals surface area contributed by atoms with Gasteiger partial charge in [0.2, 0.25) is 10.0 Å². The van der Waals surface area contributed by atoms with E-state index in [0.29, 0.717) is 5.82 Å². The molecule has 0 atom stereocenters. The van der Waals surface area contributed by atoms with E-state index in [9.17, 15) is 18.5 Å². The molecule has 0 aliphatic rings. The molecule has 0 unspecified atom stereocenters. The minimum atomic E-state index is -3.58. The van der Waals surface area contributed by atoms with Gasteiger partial charge in [-0.3, -0.25) is 10.1 Å². The molecule has 0 radical (unpaired) electrons. The molecule has 1 heterocycles. The fourth-order valence-electron chi connectivity index (χ4n) is 1.16. The van der Waals surface area contributed by atoms with E-state index >= 15 is 0 Å². The summed E-state index contributed by atoms with van der Waals surface area (Å²) in [7, 11) is -2.01. The van der Waals surface area contributed by atoms with Crippen molar-refractivity contribution in [2.45, 2.75) is 0 Å². The van der Waals surface area contributed by atoms with E-state index in [1.807, 2.05) is 0 Å². The van der Waals surface area contributed by atoms with Gasteiger partial charge >= 0.3 is 0 Å². The number of nitrogens with two attached hydrogens (primary N) is 1. The minimum absolute atomic E-state index is 0.0240. The normalized spacial score (nSPS) is 11.0. The summed E-state index contributed by atoms with van der Waals surface area (Å²) in [6.45, 7) is 0.0240. The van der Waals surface area contributed by atoms with Crippen LogP contribution in [0.25, 0.3) is 0 Å². The molecular formula is C8H13N5O4S. The molecule has 0 saturated heterocycles. The van der Waals surface area contributed by atoms with Crippen molar-refractivity contribution in [3.8, 4) is 0 Å². The topological polar surface area (TPSA) is 140 Å². The van der Waals surface area contributed by atoms with Crippen molar-refractivity contribution in [3.63, 3.8) is 0 Å². The van der Waals surface area contributed by atoms with Crippen molar-refractivity contribution in [1.82, 2.24) is 4.98 Å². The Labute approximate surface area is 104 Å². The van der Waals surface area contributed by atoms with E-state index in [0.717, 1.165) is 0 Å². The van der Waals surface area contributed by atoms with Crippen molar-refractivity contribution in [3.05, 3.63) is 22.2 Å². The molecule has 18 heavy (non-hydrogen) atoms. The summed E-state index contributed by atoms with van der Waals surface area (Å²) < 4.78 is 21.4. The van der Waals surface area contributed by atoms with Crippen LogP contribution in [0.5, 0.6) is 0 Å². The van der Waals surface area contributed by atoms with Crippen LogP contribution in [-0.4, -0.2) is 37.7 Å². The zero-order valence-electron chi connectivity index (χ0n) is 9.58. The van der Waals surface area contributed by atoms with Crippen LogP contribution >= 0.6 is 0 Å². The molecule has 0 fully saturated rings. The van der Waals surface area contributed by atoms with Gasteiger partial charge in [0.25, 0.3) is 5.69 Å². The molecule has 0 bridgehead atoms. The average molecular weight is 275 g/mol. The lowest BCUT2D eigenvalue weighted by atomic mass is 10.3. The maximum absolute atomic E-state index is 10.7. The van der Waals surface area contributed by atoms with Crippen molar-refractivity contribution in [2.75, 3.05) is 30.0 Å². The van der Waals surface area contributed by atoms with E-state index in [-0.39, 0.29) is 23.8 Å². The van der Waals surface area contributed by atoms with Crippen molar-refractivity contribution >= 4 is 27.3 Å². The Hall–Kier alpha value is -1.94. The summed E-state index contributed by atoms with van der Waals surface area (Å²) in [5.41, 5.74) is -0.146. The molecule has 4 N–H and O–H groups in total. The van der Waals surface area contributed by atoms with Gasteiger partial charge in [0.15, 0.2) is 0 Å². The Kier molecular flexibility index (Phi) is 4.39. The Bertz CT molecular complexity index is 544. The summed E-state index contributed by atoms with van der Waals surface area (Å²) in [6.07, 6.45) is 0. The molecule has 0 aliphatic carbocycles. The molecule has 0 spiro atoms. The third-order valence-electron chi connectivity index (χ3n) is 1.97. The number of anilines is 2. The van der Waals surface area contributed by atoms with Gasteiger partial charge in [-0.05, 0) is 0 Å². The van der Waals surface area contributed by atoms with Gasteiger partial charge in [-0.1, -0.05) is 0 Å². The lowest BCUT2D eigenvalue weighted by Gasteiger charge is -2.06. The van der Waals surface area contributed by atoms with Crippen LogP contribution < -0.4 is 15.8 Å². The Balaban J connectivity index is 2.82. The maximum Gasteiger partial charge on any atom is 0.276 e. The smallest absolute Gasteiger partial charge is 0.276 e. The molecule has 100 valence electrons. The highest BCUT2D eigenvalue weighted by Gasteiger charge is 2.11. The largest absolute Gasteiger partial charge is 0.373 e. The van der Waals surface area contributed by atoms with E-state index in [2.05, 4.69) is 15.6 Å². The standard InChI is InChI=1S/C8H13N5O4S/c1-10-7-4-6(13(14)15)5-8(12-7)11-2-3-18(9,16)17/h4-5H,2-3H2,1H3,(H2,9,16,17)(H2,10,11,12). The van der Waals surface area contributed by atoms with Gasteiger partial charge < -0.3 is 10.6 Å². The average Bonchev–Trinajstić information content (AvgIpc) is 2.26. The summed E-state index contributed by atoms with van der Waals surface area (Å²) in [5.74, 6) is 0.228. The monoisotopic (exact) mass is 275 g/mol. The molecule has 1 aromatic rings. The molecule has 0 amide bonds. The van der Waals surface area contributed by atoms with Crippen molar-refractivity contribution in [1.29, 1.82) is 0 Å². The van der Waals surface area contributed by atoms with Gasteiger partial charge in [0.05, 0.1) is 22.8 Å². The number of nitro groups is 1. The Morgan fingerprint density at radius 2 is 2.06 bits per heavy atom. The fraction of sp³-hybridized carbons (Fsp3) is 0.375. The number of aromatic nitrogens is 1. The first kappa shape index (κ1) is 14.1. The first-order chi connectivity index (χ1) is 8.31. The van der Waals surface area contributed by atoms with Crippen LogP contribution in [0.4, 0.5) is 17.3 Å². The number of hydrogen-bond acceptors (Lipinski definition) is 7. The second-order valence-corrected chi connectivity index (χ2v) is 5.13. The Morgan fingerprint density at radius 3 is 2.56 bits per heavy atom. The number of sulfonamides is 1. The van der Waals surface area contributed by atoms with Gasteiger partial charge in [0.1, 0.15) is 11.6 Å². The van der Waals surface area contributed by atoms with Crippen molar-refractivity contribution in [2.24, 2.45) is 5.14 Å². The predicted molar refractivity (Wildman–Crippen MR) is 66.9 cm³/mol. The van der Waals surface area contributed by atoms with Crippen LogP contribution in [0.2, 0.25) is 0 Å². The summed E-state index contributed by atoms with van der Waals surface area (Å²) >= 11 is 0. The van der Waals surface area contributed by atoms with Gasteiger partial charge in [-0.2, -0.15) is 0 Å². The van der Waals surface area contributed by atoms with Gasteiger partial charge in [0, 0.05) is 13.6 Å². The molecule has 9 nitrogen and oxygen atoms in total. The molecular weight excluding hydrogens is 262 g/mol. The van der Waals surface area contributed by atoms with Crippen LogP contribution in [0.3, 0.4) is 0 Å². The molecule has 1 rings (SSSR count). The molecule has 0 aliphatic heterocycles. The lowest BCUT2D eigenvalue weighted by molar-refractivity contribution is -0.384. The van der Waals surface area contributed by atoms with Crippen LogP contribution in [0, 0.1) is 10.1 Å². The number of primary sulfonamides is 1. The first-order valence-electron chi connectivity index (χ1n) is 4.90. The molecule has 10 heteroatoms. The highest BCUT2D eigenvalue weighted by Crippen LogP contribution is 2.19. The second-order valence-electron chi connectivity index (χ2n) is 3.40. The van der Waals surface area contributed by atoms with Crippen LogP contribution in [-0.2, 0) is 10.0 Å². The summed E-state index contributed by atoms with van der Waals surface area (Å²) in [4.78, 5) is 14.1. The van der Waals surface area contributed by atoms with E-state index < -0.39 is 14.9 Å². The quantitative estimate of drug-likeness (QED) is 0.479. The third kappa shape index (κ3) is 4.51. The van der Waals surface area contributed by atoms with Crippen molar-refractivity contribution < 1.29 is 13.3 Å². The van der Waals surface area contributed by atoms with Crippen LogP contribution in [0.15, 0.2) is 12.1 Å².